The molecule has 0 aliphatic rings. The molecule has 3 nitrogen and oxygen atoms in total. The van der Waals surface area contributed by atoms with Crippen LogP contribution in [0.15, 0.2) is 49.6 Å². The van der Waals surface area contributed by atoms with Crippen molar-refractivity contribution in [3.05, 3.63) is 99.6 Å². The number of aryl methyl sites for hydroxylation is 3. The SMILES string of the molecule is C=C(C)c1cc(C(C)CC(c2cc(C(=C)C)c(O)cc2C)c2cc(C(C)(C)C)c(O)cc2C)c(C)cc1O. The number of benzene rings is 3. The molecule has 0 fully saturated rings. The first-order chi connectivity index (χ1) is 17.5. The first-order valence-electron chi connectivity index (χ1n) is 13.4. The minimum absolute atomic E-state index is 0.00637. The third-order valence-electron chi connectivity index (χ3n) is 7.75. The van der Waals surface area contributed by atoms with Crippen LogP contribution in [0, 0.1) is 20.8 Å². The standard InChI is InChI=1S/C35H44O3/c1-19(2)25-16-27(22(6)13-32(25)36)21(5)12-30(28-17-26(20(3)4)33(37)14-23(28)7)29-18-31(35(9,10)11)34(38)15-24(29)8/h13-18,21,30,36-38H,1,3,12H2,2,4-11H3. The topological polar surface area (TPSA) is 60.7 Å². The fourth-order valence-electron chi connectivity index (χ4n) is 5.60. The second kappa shape index (κ2) is 10.7. The lowest BCUT2D eigenvalue weighted by Gasteiger charge is -2.29. The van der Waals surface area contributed by atoms with Gasteiger partial charge in [0.1, 0.15) is 17.2 Å². The van der Waals surface area contributed by atoms with Crippen LogP contribution in [0.3, 0.4) is 0 Å². The van der Waals surface area contributed by atoms with Gasteiger partial charge in [-0.05, 0) is 133 Å². The maximum absolute atomic E-state index is 10.8. The van der Waals surface area contributed by atoms with Crippen LogP contribution in [0.5, 0.6) is 17.2 Å². The van der Waals surface area contributed by atoms with Crippen molar-refractivity contribution in [2.75, 3.05) is 0 Å². The van der Waals surface area contributed by atoms with Crippen LogP contribution in [0.4, 0.5) is 0 Å². The largest absolute Gasteiger partial charge is 0.508 e. The minimum Gasteiger partial charge on any atom is -0.508 e. The van der Waals surface area contributed by atoms with Crippen molar-refractivity contribution >= 4 is 11.1 Å². The smallest absolute Gasteiger partial charge is 0.123 e. The molecular weight excluding hydrogens is 468 g/mol. The van der Waals surface area contributed by atoms with Crippen molar-refractivity contribution < 1.29 is 15.3 Å². The lowest BCUT2D eigenvalue weighted by Crippen LogP contribution is -2.15. The van der Waals surface area contributed by atoms with E-state index >= 15 is 0 Å². The molecule has 0 bridgehead atoms. The number of hydrogen-bond donors (Lipinski definition) is 3. The average molecular weight is 513 g/mol. The van der Waals surface area contributed by atoms with Crippen LogP contribution in [-0.2, 0) is 5.41 Å². The summed E-state index contributed by atoms with van der Waals surface area (Å²) in [4.78, 5) is 0. The van der Waals surface area contributed by atoms with Gasteiger partial charge >= 0.3 is 0 Å². The van der Waals surface area contributed by atoms with Gasteiger partial charge in [-0.3, -0.25) is 0 Å². The summed E-state index contributed by atoms with van der Waals surface area (Å²) < 4.78 is 0. The first kappa shape index (κ1) is 29.1. The fourth-order valence-corrected chi connectivity index (χ4v) is 5.60. The van der Waals surface area contributed by atoms with Gasteiger partial charge in [0.2, 0.25) is 0 Å². The summed E-state index contributed by atoms with van der Waals surface area (Å²) in [5.74, 6) is 0.977. The number of aromatic hydroxyl groups is 3. The average Bonchev–Trinajstić information content (AvgIpc) is 2.76. The molecule has 0 aromatic heterocycles. The van der Waals surface area contributed by atoms with E-state index in [1.54, 1.807) is 0 Å². The molecule has 0 heterocycles. The molecule has 2 atom stereocenters. The number of hydrogen-bond acceptors (Lipinski definition) is 3. The molecule has 3 rings (SSSR count). The Balaban J connectivity index is 2.28. The third kappa shape index (κ3) is 5.83. The number of rotatable bonds is 7. The van der Waals surface area contributed by atoms with E-state index in [9.17, 15) is 15.3 Å². The molecule has 3 aromatic carbocycles. The second-order valence-electron chi connectivity index (χ2n) is 12.2. The van der Waals surface area contributed by atoms with E-state index in [1.807, 2.05) is 45.9 Å². The predicted molar refractivity (Wildman–Crippen MR) is 162 cm³/mol. The maximum Gasteiger partial charge on any atom is 0.123 e. The molecule has 3 N–H and O–H groups in total. The molecule has 2 unspecified atom stereocenters. The van der Waals surface area contributed by atoms with Crippen molar-refractivity contribution in [2.24, 2.45) is 0 Å². The van der Waals surface area contributed by atoms with Gasteiger partial charge in [0.05, 0.1) is 0 Å². The Morgan fingerprint density at radius 3 is 1.53 bits per heavy atom. The second-order valence-corrected chi connectivity index (χ2v) is 12.2. The van der Waals surface area contributed by atoms with E-state index in [0.29, 0.717) is 5.75 Å². The van der Waals surface area contributed by atoms with Gasteiger partial charge in [-0.1, -0.05) is 46.9 Å². The van der Waals surface area contributed by atoms with Gasteiger partial charge in [-0.25, -0.2) is 0 Å². The van der Waals surface area contributed by atoms with Crippen LogP contribution in [0.25, 0.3) is 11.1 Å². The van der Waals surface area contributed by atoms with E-state index in [4.69, 9.17) is 0 Å². The molecule has 202 valence electrons. The summed E-state index contributed by atoms with van der Waals surface area (Å²) >= 11 is 0. The highest BCUT2D eigenvalue weighted by Gasteiger charge is 2.27. The number of phenols is 3. The van der Waals surface area contributed by atoms with Crippen molar-refractivity contribution in [3.63, 3.8) is 0 Å². The predicted octanol–water partition coefficient (Wildman–Crippen LogP) is 9.42. The van der Waals surface area contributed by atoms with E-state index < -0.39 is 0 Å². The lowest BCUT2D eigenvalue weighted by atomic mass is 9.75. The summed E-state index contributed by atoms with van der Waals surface area (Å²) in [6.45, 7) is 26.7. The highest BCUT2D eigenvalue weighted by molar-refractivity contribution is 5.70. The highest BCUT2D eigenvalue weighted by Crippen LogP contribution is 2.44. The van der Waals surface area contributed by atoms with Gasteiger partial charge in [0.15, 0.2) is 0 Å². The number of allylic oxidation sites excluding steroid dienone is 2. The van der Waals surface area contributed by atoms with Gasteiger partial charge in [0.25, 0.3) is 0 Å². The summed E-state index contributed by atoms with van der Waals surface area (Å²) in [5.41, 5.74) is 10.4. The van der Waals surface area contributed by atoms with E-state index in [0.717, 1.165) is 62.1 Å². The molecule has 0 amide bonds. The summed E-state index contributed by atoms with van der Waals surface area (Å²) in [6, 6.07) is 11.9. The van der Waals surface area contributed by atoms with Crippen LogP contribution >= 0.6 is 0 Å². The Labute approximate surface area is 229 Å². The monoisotopic (exact) mass is 512 g/mol. The van der Waals surface area contributed by atoms with Gasteiger partial charge in [-0.15, -0.1) is 0 Å². The fraction of sp³-hybridized carbons (Fsp3) is 0.371. The van der Waals surface area contributed by atoms with Crippen molar-refractivity contribution in [2.45, 2.75) is 86.0 Å². The zero-order chi connectivity index (χ0) is 28.7. The van der Waals surface area contributed by atoms with Gasteiger partial charge in [0, 0.05) is 17.0 Å². The molecule has 3 heteroatoms. The van der Waals surface area contributed by atoms with E-state index in [-0.39, 0.29) is 28.7 Å². The Kier molecular flexibility index (Phi) is 8.21. The molecule has 0 saturated carbocycles. The minimum atomic E-state index is -0.223. The molecule has 3 aromatic rings. The maximum atomic E-state index is 10.8. The molecule has 0 saturated heterocycles. The molecule has 0 aliphatic heterocycles. The first-order valence-corrected chi connectivity index (χ1v) is 13.4. The Bertz CT molecular complexity index is 1400. The molecule has 38 heavy (non-hydrogen) atoms. The quantitative estimate of drug-likeness (QED) is 0.295. The molecule has 0 radical (unpaired) electrons. The zero-order valence-corrected chi connectivity index (χ0v) is 24.6. The van der Waals surface area contributed by atoms with Crippen LogP contribution in [-0.4, -0.2) is 15.3 Å². The summed E-state index contributed by atoms with van der Waals surface area (Å²) in [5, 5.41) is 32.0. The van der Waals surface area contributed by atoms with Crippen molar-refractivity contribution in [1.29, 1.82) is 0 Å². The Morgan fingerprint density at radius 1 is 0.684 bits per heavy atom. The van der Waals surface area contributed by atoms with Crippen LogP contribution in [0.2, 0.25) is 0 Å². The summed E-state index contributed by atoms with van der Waals surface area (Å²) in [6.07, 6.45) is 0.803. The van der Waals surface area contributed by atoms with E-state index in [2.05, 4.69) is 66.0 Å². The van der Waals surface area contributed by atoms with Crippen molar-refractivity contribution in [1.82, 2.24) is 0 Å². The lowest BCUT2D eigenvalue weighted by molar-refractivity contribution is 0.445. The van der Waals surface area contributed by atoms with Crippen molar-refractivity contribution in [3.8, 4) is 17.2 Å². The number of phenolic OH excluding ortho intramolecular Hbond substituents is 3. The molecule has 0 aliphatic carbocycles. The van der Waals surface area contributed by atoms with Gasteiger partial charge in [-0.2, -0.15) is 0 Å². The van der Waals surface area contributed by atoms with E-state index in [1.165, 1.54) is 5.56 Å². The molecular formula is C35H44O3. The summed E-state index contributed by atoms with van der Waals surface area (Å²) in [7, 11) is 0. The Morgan fingerprint density at radius 2 is 1.08 bits per heavy atom. The van der Waals surface area contributed by atoms with Crippen LogP contribution < -0.4 is 0 Å². The normalized spacial score (nSPS) is 13.3. The Hall–Kier alpha value is -3.46. The third-order valence-corrected chi connectivity index (χ3v) is 7.75. The zero-order valence-electron chi connectivity index (χ0n) is 24.6. The van der Waals surface area contributed by atoms with Crippen LogP contribution in [0.1, 0.15) is 110 Å². The molecule has 0 spiro atoms. The highest BCUT2D eigenvalue weighted by atomic mass is 16.3. The van der Waals surface area contributed by atoms with Gasteiger partial charge < -0.3 is 15.3 Å².